The molecule has 0 atom stereocenters. The molecule has 0 saturated heterocycles. The van der Waals surface area contributed by atoms with E-state index in [1.54, 1.807) is 13.8 Å². The van der Waals surface area contributed by atoms with Crippen LogP contribution in [0.3, 0.4) is 0 Å². The predicted molar refractivity (Wildman–Crippen MR) is 83.8 cm³/mol. The summed E-state index contributed by atoms with van der Waals surface area (Å²) in [6, 6.07) is 0. The lowest BCUT2D eigenvalue weighted by Gasteiger charge is -2.27. The van der Waals surface area contributed by atoms with Crippen molar-refractivity contribution >= 4 is 10.0 Å². The van der Waals surface area contributed by atoms with Crippen LogP contribution in [-0.4, -0.2) is 19.2 Å². The Balaban J connectivity index is 4.05. The van der Waals surface area contributed by atoms with Gasteiger partial charge in [0.25, 0.3) is 0 Å². The van der Waals surface area contributed by atoms with Gasteiger partial charge >= 0.3 is 0 Å². The van der Waals surface area contributed by atoms with Gasteiger partial charge < -0.3 is 0 Å². The minimum Gasteiger partial charge on any atom is -0.212 e. The zero-order valence-corrected chi connectivity index (χ0v) is 14.7. The maximum atomic E-state index is 11.9. The fourth-order valence-electron chi connectivity index (χ4n) is 1.95. The van der Waals surface area contributed by atoms with E-state index < -0.39 is 10.0 Å². The third-order valence-corrected chi connectivity index (χ3v) is 5.35. The molecule has 0 fully saturated rings. The van der Waals surface area contributed by atoms with Crippen LogP contribution in [0.1, 0.15) is 80.6 Å². The number of sulfonamides is 1. The Morgan fingerprint density at radius 2 is 1.37 bits per heavy atom. The molecule has 3 nitrogen and oxygen atoms in total. The quantitative estimate of drug-likeness (QED) is 0.685. The van der Waals surface area contributed by atoms with Crippen LogP contribution in [0.25, 0.3) is 0 Å². The average Bonchev–Trinajstić information content (AvgIpc) is 2.12. The lowest BCUT2D eigenvalue weighted by atomic mass is 9.88. The molecule has 4 heteroatoms. The summed E-state index contributed by atoms with van der Waals surface area (Å²) in [6.45, 7) is 14.1. The lowest BCUT2D eigenvalue weighted by Crippen LogP contribution is -2.46. The summed E-state index contributed by atoms with van der Waals surface area (Å²) >= 11 is 0. The molecule has 0 aliphatic rings. The minimum absolute atomic E-state index is 0.342. The molecule has 116 valence electrons. The van der Waals surface area contributed by atoms with Crippen molar-refractivity contribution in [3.8, 4) is 0 Å². The highest BCUT2D eigenvalue weighted by Crippen LogP contribution is 2.23. The van der Waals surface area contributed by atoms with Crippen LogP contribution in [-0.2, 0) is 10.0 Å². The fourth-order valence-corrected chi connectivity index (χ4v) is 3.06. The van der Waals surface area contributed by atoms with Gasteiger partial charge in [-0.3, -0.25) is 0 Å². The Labute approximate surface area is 120 Å². The molecule has 0 unspecified atom stereocenters. The van der Waals surface area contributed by atoms with Gasteiger partial charge in [0.05, 0.1) is 5.25 Å². The highest BCUT2D eigenvalue weighted by molar-refractivity contribution is 7.90. The summed E-state index contributed by atoms with van der Waals surface area (Å²) < 4.78 is 26.5. The van der Waals surface area contributed by atoms with E-state index in [1.165, 1.54) is 19.3 Å². The number of hydrogen-bond acceptors (Lipinski definition) is 2. The molecule has 0 aromatic carbocycles. The van der Waals surface area contributed by atoms with Crippen LogP contribution in [0.2, 0.25) is 0 Å². The second kappa shape index (κ2) is 7.07. The van der Waals surface area contributed by atoms with Crippen molar-refractivity contribution in [1.82, 2.24) is 4.72 Å². The molecule has 0 rings (SSSR count). The van der Waals surface area contributed by atoms with Gasteiger partial charge in [-0.1, -0.05) is 40.0 Å². The molecule has 0 heterocycles. The number of unbranched alkanes of at least 4 members (excludes halogenated alkanes) is 2. The van der Waals surface area contributed by atoms with Gasteiger partial charge in [-0.15, -0.1) is 0 Å². The molecule has 0 aliphatic carbocycles. The van der Waals surface area contributed by atoms with Crippen LogP contribution < -0.4 is 4.72 Å². The van der Waals surface area contributed by atoms with Crippen molar-refractivity contribution in [2.24, 2.45) is 5.41 Å². The first-order valence-electron chi connectivity index (χ1n) is 7.38. The molecule has 0 radical (unpaired) electrons. The van der Waals surface area contributed by atoms with E-state index in [0.29, 0.717) is 5.41 Å². The first-order chi connectivity index (χ1) is 8.36. The van der Waals surface area contributed by atoms with Gasteiger partial charge in [-0.2, -0.15) is 0 Å². The van der Waals surface area contributed by atoms with Gasteiger partial charge in [0, 0.05) is 5.54 Å². The van der Waals surface area contributed by atoms with Crippen LogP contribution in [0.5, 0.6) is 0 Å². The molecule has 19 heavy (non-hydrogen) atoms. The van der Waals surface area contributed by atoms with Crippen LogP contribution in [0.15, 0.2) is 0 Å². The van der Waals surface area contributed by atoms with Crippen molar-refractivity contribution in [2.75, 3.05) is 0 Å². The van der Waals surface area contributed by atoms with Crippen LogP contribution in [0.4, 0.5) is 0 Å². The smallest absolute Gasteiger partial charge is 0.212 e. The van der Waals surface area contributed by atoms with E-state index in [1.807, 2.05) is 13.8 Å². The SMILES string of the molecule is CC(C)S(=O)(=O)NC(C)(C)CCCCCC(C)(C)C. The monoisotopic (exact) mass is 291 g/mol. The van der Waals surface area contributed by atoms with E-state index in [0.717, 1.165) is 12.8 Å². The number of nitrogens with one attached hydrogen (secondary N) is 1. The molecule has 0 aromatic heterocycles. The Morgan fingerprint density at radius 1 is 0.895 bits per heavy atom. The molecule has 0 spiro atoms. The molecule has 0 aliphatic heterocycles. The average molecular weight is 292 g/mol. The van der Waals surface area contributed by atoms with Crippen molar-refractivity contribution in [3.63, 3.8) is 0 Å². The molecular weight excluding hydrogens is 258 g/mol. The maximum Gasteiger partial charge on any atom is 0.214 e. The first kappa shape index (κ1) is 18.9. The van der Waals surface area contributed by atoms with Crippen molar-refractivity contribution in [1.29, 1.82) is 0 Å². The Morgan fingerprint density at radius 3 is 1.79 bits per heavy atom. The Kier molecular flexibility index (Phi) is 7.04. The summed E-state index contributed by atoms with van der Waals surface area (Å²) in [4.78, 5) is 0. The molecule has 0 bridgehead atoms. The second-order valence-corrected chi connectivity index (χ2v) is 9.94. The fraction of sp³-hybridized carbons (Fsp3) is 1.00. The maximum absolute atomic E-state index is 11.9. The van der Waals surface area contributed by atoms with Gasteiger partial charge in [0.2, 0.25) is 10.0 Å². The Hall–Kier alpha value is -0.0900. The van der Waals surface area contributed by atoms with Crippen molar-refractivity contribution < 1.29 is 8.42 Å². The molecule has 0 saturated carbocycles. The zero-order chi connectivity index (χ0) is 15.3. The summed E-state index contributed by atoms with van der Waals surface area (Å²) in [7, 11) is -3.17. The third kappa shape index (κ3) is 9.44. The lowest BCUT2D eigenvalue weighted by molar-refractivity contribution is 0.345. The van der Waals surface area contributed by atoms with E-state index >= 15 is 0 Å². The van der Waals surface area contributed by atoms with Gasteiger partial charge in [-0.25, -0.2) is 13.1 Å². The number of hydrogen-bond donors (Lipinski definition) is 1. The van der Waals surface area contributed by atoms with Crippen LogP contribution in [0, 0.1) is 5.41 Å². The molecule has 0 amide bonds. The van der Waals surface area contributed by atoms with Gasteiger partial charge in [0.1, 0.15) is 0 Å². The summed E-state index contributed by atoms with van der Waals surface area (Å²) in [5.74, 6) is 0. The van der Waals surface area contributed by atoms with E-state index in [2.05, 4.69) is 25.5 Å². The summed E-state index contributed by atoms with van der Waals surface area (Å²) in [6.07, 6.45) is 5.58. The van der Waals surface area contributed by atoms with E-state index in [-0.39, 0.29) is 10.8 Å². The second-order valence-electron chi connectivity index (χ2n) is 7.70. The standard InChI is InChI=1S/C15H33NO2S/c1-13(2)19(17,18)16-15(6,7)12-10-8-9-11-14(3,4)5/h13,16H,8-12H2,1-7H3. The van der Waals surface area contributed by atoms with Gasteiger partial charge in [-0.05, 0) is 46.0 Å². The van der Waals surface area contributed by atoms with Gasteiger partial charge in [0.15, 0.2) is 0 Å². The topological polar surface area (TPSA) is 46.2 Å². The van der Waals surface area contributed by atoms with E-state index in [9.17, 15) is 8.42 Å². The van der Waals surface area contributed by atoms with E-state index in [4.69, 9.17) is 0 Å². The molecule has 0 aromatic rings. The summed E-state index contributed by atoms with van der Waals surface area (Å²) in [5.41, 5.74) is 0.0551. The highest BCUT2D eigenvalue weighted by Gasteiger charge is 2.26. The minimum atomic E-state index is -3.17. The highest BCUT2D eigenvalue weighted by atomic mass is 32.2. The molecular formula is C15H33NO2S. The largest absolute Gasteiger partial charge is 0.214 e. The normalized spacial score (nSPS) is 14.1. The first-order valence-corrected chi connectivity index (χ1v) is 8.93. The predicted octanol–water partition coefficient (Wildman–Crippen LogP) is 4.09. The molecule has 1 N–H and O–H groups in total. The van der Waals surface area contributed by atoms with Crippen molar-refractivity contribution in [2.45, 2.75) is 91.4 Å². The zero-order valence-electron chi connectivity index (χ0n) is 13.8. The van der Waals surface area contributed by atoms with Crippen molar-refractivity contribution in [3.05, 3.63) is 0 Å². The summed E-state index contributed by atoms with van der Waals surface area (Å²) in [5, 5.41) is -0.368. The van der Waals surface area contributed by atoms with Crippen LogP contribution >= 0.6 is 0 Å². The Bertz CT molecular complexity index is 351. The third-order valence-electron chi connectivity index (χ3n) is 3.27. The number of rotatable bonds is 8.